The minimum atomic E-state index is -3.65. The molecule has 2 aromatic carbocycles. The highest BCUT2D eigenvalue weighted by Gasteiger charge is 2.26. The first-order valence-electron chi connectivity index (χ1n) is 10.9. The van der Waals surface area contributed by atoms with Gasteiger partial charge in [0.1, 0.15) is 5.75 Å². The molecule has 0 bridgehead atoms. The van der Waals surface area contributed by atoms with E-state index in [1.54, 1.807) is 12.1 Å². The number of hydrogen-bond donors (Lipinski definition) is 1. The van der Waals surface area contributed by atoms with E-state index in [9.17, 15) is 13.2 Å². The molecule has 0 aliphatic rings. The number of rotatable bonds is 8. The number of anilines is 1. The quantitative estimate of drug-likeness (QED) is 0.421. The molecule has 3 rings (SSSR count). The second-order valence-electron chi connectivity index (χ2n) is 8.75. The van der Waals surface area contributed by atoms with Crippen molar-refractivity contribution in [3.8, 4) is 5.75 Å². The molecule has 34 heavy (non-hydrogen) atoms. The van der Waals surface area contributed by atoms with Gasteiger partial charge in [0.2, 0.25) is 10.9 Å². The van der Waals surface area contributed by atoms with Crippen LogP contribution in [-0.2, 0) is 15.3 Å². The van der Waals surface area contributed by atoms with Gasteiger partial charge >= 0.3 is 0 Å². The zero-order valence-electron chi connectivity index (χ0n) is 20.2. The number of aromatic nitrogens is 1. The largest absolute Gasteiger partial charge is 0.492 e. The lowest BCUT2D eigenvalue weighted by molar-refractivity contribution is 0.102. The number of hydrogen-bond acceptors (Lipinski definition) is 6. The summed E-state index contributed by atoms with van der Waals surface area (Å²) in [7, 11) is -3.65. The number of benzene rings is 2. The van der Waals surface area contributed by atoms with Gasteiger partial charge in [-0.15, -0.1) is 0 Å². The number of nitrogens with zero attached hydrogens (tertiary/aromatic N) is 1. The predicted octanol–water partition coefficient (Wildman–Crippen LogP) is 5.72. The third-order valence-electron chi connectivity index (χ3n) is 5.55. The van der Waals surface area contributed by atoms with Gasteiger partial charge in [-0.3, -0.25) is 10.1 Å². The summed E-state index contributed by atoms with van der Waals surface area (Å²) in [6.07, 6.45) is 1.90. The van der Waals surface area contributed by atoms with Gasteiger partial charge in [-0.2, -0.15) is 4.98 Å². The molecule has 182 valence electrons. The molecule has 1 heterocycles. The van der Waals surface area contributed by atoms with Crippen LogP contribution in [0.15, 0.2) is 45.8 Å². The molecule has 9 heteroatoms. The van der Waals surface area contributed by atoms with Crippen molar-refractivity contribution in [1.82, 2.24) is 4.98 Å². The Kier molecular flexibility index (Phi) is 7.43. The summed E-state index contributed by atoms with van der Waals surface area (Å²) in [5, 5.41) is 2.77. The summed E-state index contributed by atoms with van der Waals surface area (Å²) in [6.45, 7) is 10.3. The van der Waals surface area contributed by atoms with E-state index < -0.39 is 21.2 Å². The van der Waals surface area contributed by atoms with Crippen molar-refractivity contribution < 1.29 is 22.4 Å². The van der Waals surface area contributed by atoms with Crippen molar-refractivity contribution in [3.63, 3.8) is 0 Å². The lowest BCUT2D eigenvalue weighted by Crippen LogP contribution is -2.20. The number of sulfone groups is 1. The Labute approximate surface area is 205 Å². The van der Waals surface area contributed by atoms with Gasteiger partial charge in [0.25, 0.3) is 5.91 Å². The second-order valence-corrected chi connectivity index (χ2v) is 11.1. The third-order valence-corrected chi connectivity index (χ3v) is 6.81. The van der Waals surface area contributed by atoms with E-state index >= 15 is 0 Å². The number of oxazole rings is 1. The Balaban J connectivity index is 1.84. The van der Waals surface area contributed by atoms with Gasteiger partial charge in [0, 0.05) is 24.2 Å². The van der Waals surface area contributed by atoms with Gasteiger partial charge in [-0.25, -0.2) is 8.42 Å². The van der Waals surface area contributed by atoms with Crippen molar-refractivity contribution >= 4 is 33.2 Å². The Bertz CT molecular complexity index is 1290. The summed E-state index contributed by atoms with van der Waals surface area (Å²) in [6, 6.07) is 11.1. The van der Waals surface area contributed by atoms with E-state index in [0.29, 0.717) is 22.9 Å². The Hall–Kier alpha value is -2.84. The topological polar surface area (TPSA) is 98.5 Å². The minimum Gasteiger partial charge on any atom is -0.492 e. The highest BCUT2D eigenvalue weighted by atomic mass is 35.5. The monoisotopic (exact) mass is 504 g/mol. The van der Waals surface area contributed by atoms with Crippen LogP contribution in [0.4, 0.5) is 5.88 Å². The molecule has 1 aromatic heterocycles. The molecule has 1 amide bonds. The number of carbonyl (C=O) groups excluding carboxylic acids is 1. The first-order chi connectivity index (χ1) is 15.8. The summed E-state index contributed by atoms with van der Waals surface area (Å²) in [5.41, 5.74) is 2.92. The maximum Gasteiger partial charge on any atom is 0.258 e. The molecule has 0 spiro atoms. The van der Waals surface area contributed by atoms with E-state index in [2.05, 4.69) is 30.2 Å². The second kappa shape index (κ2) is 9.80. The average molecular weight is 505 g/mol. The van der Waals surface area contributed by atoms with Crippen molar-refractivity contribution in [3.05, 3.63) is 69.6 Å². The fraction of sp³-hybridized carbons (Fsp3) is 0.360. The Morgan fingerprint density at radius 2 is 1.79 bits per heavy atom. The fourth-order valence-electron chi connectivity index (χ4n) is 3.60. The summed E-state index contributed by atoms with van der Waals surface area (Å²) >= 11 is 6.52. The molecular formula is C25H29ClN2O5S. The van der Waals surface area contributed by atoms with Crippen LogP contribution in [0, 0.1) is 13.8 Å². The van der Waals surface area contributed by atoms with Crippen LogP contribution >= 0.6 is 11.6 Å². The van der Waals surface area contributed by atoms with E-state index in [-0.39, 0.29) is 16.8 Å². The maximum absolute atomic E-state index is 12.7. The lowest BCUT2D eigenvalue weighted by Gasteiger charge is -2.27. The molecule has 0 atom stereocenters. The van der Waals surface area contributed by atoms with Crippen LogP contribution in [-0.4, -0.2) is 32.2 Å². The van der Waals surface area contributed by atoms with E-state index in [1.165, 1.54) is 6.92 Å². The van der Waals surface area contributed by atoms with Crippen molar-refractivity contribution in [1.29, 1.82) is 0 Å². The van der Waals surface area contributed by atoms with Crippen molar-refractivity contribution in [2.75, 3.05) is 18.2 Å². The van der Waals surface area contributed by atoms with Crippen LogP contribution in [0.2, 0.25) is 5.02 Å². The predicted molar refractivity (Wildman–Crippen MR) is 133 cm³/mol. The number of ether oxygens (including phenoxy) is 1. The Morgan fingerprint density at radius 3 is 2.35 bits per heavy atom. The molecular weight excluding hydrogens is 476 g/mol. The number of carbonyl (C=O) groups is 1. The van der Waals surface area contributed by atoms with Crippen LogP contribution in [0.25, 0.3) is 0 Å². The van der Waals surface area contributed by atoms with E-state index in [1.807, 2.05) is 32.0 Å². The third kappa shape index (κ3) is 5.45. The van der Waals surface area contributed by atoms with Crippen LogP contribution in [0.5, 0.6) is 5.75 Å². The SMILES string of the molecule is CCCOc1c(C)cc(C(C)(C)c2ccc(C(=O)Nc3oc(C)nc3S(C)(=O)=O)cc2)cc1Cl. The summed E-state index contributed by atoms with van der Waals surface area (Å²) in [4.78, 5) is 16.6. The standard InChI is InChI=1S/C25H29ClN2O5S/c1-7-12-32-21-15(2)13-19(14-20(21)26)25(4,5)18-10-8-17(9-11-18)22(29)28-23-24(34(6,30)31)27-16(3)33-23/h8-11,13-14H,7,12H2,1-6H3,(H,28,29). The Morgan fingerprint density at radius 1 is 1.15 bits per heavy atom. The lowest BCUT2D eigenvalue weighted by atomic mass is 9.77. The van der Waals surface area contributed by atoms with Crippen molar-refractivity contribution in [2.24, 2.45) is 0 Å². The van der Waals surface area contributed by atoms with Gasteiger partial charge in [-0.05, 0) is 48.2 Å². The molecule has 0 radical (unpaired) electrons. The maximum atomic E-state index is 12.7. The molecule has 0 unspecified atom stereocenters. The van der Waals surface area contributed by atoms with Gasteiger partial charge in [-0.1, -0.05) is 50.6 Å². The number of nitrogens with one attached hydrogen (secondary N) is 1. The summed E-state index contributed by atoms with van der Waals surface area (Å²) < 4.78 is 34.9. The molecule has 3 aromatic rings. The van der Waals surface area contributed by atoms with Gasteiger partial charge in [0.15, 0.2) is 15.7 Å². The molecule has 0 saturated carbocycles. The summed E-state index contributed by atoms with van der Waals surface area (Å²) in [5.74, 6) is 0.158. The zero-order chi connectivity index (χ0) is 25.3. The molecule has 0 aliphatic carbocycles. The highest BCUT2D eigenvalue weighted by Crippen LogP contribution is 2.38. The first kappa shape index (κ1) is 25.8. The average Bonchev–Trinajstić information content (AvgIpc) is 3.13. The van der Waals surface area contributed by atoms with Gasteiger partial charge in [0.05, 0.1) is 11.6 Å². The van der Waals surface area contributed by atoms with Crippen LogP contribution in [0.1, 0.15) is 60.1 Å². The van der Waals surface area contributed by atoms with Crippen LogP contribution in [0.3, 0.4) is 0 Å². The fourth-order valence-corrected chi connectivity index (χ4v) is 4.64. The van der Waals surface area contributed by atoms with E-state index in [4.69, 9.17) is 20.8 Å². The molecule has 1 N–H and O–H groups in total. The molecule has 0 saturated heterocycles. The molecule has 0 fully saturated rings. The number of halogens is 1. The number of amides is 1. The van der Waals surface area contributed by atoms with Crippen molar-refractivity contribution in [2.45, 2.75) is 51.5 Å². The zero-order valence-corrected chi connectivity index (χ0v) is 21.7. The van der Waals surface area contributed by atoms with Gasteiger partial charge < -0.3 is 9.15 Å². The minimum absolute atomic E-state index is 0.146. The van der Waals surface area contributed by atoms with E-state index in [0.717, 1.165) is 29.4 Å². The number of aryl methyl sites for hydroxylation is 2. The molecule has 7 nitrogen and oxygen atoms in total. The molecule has 0 aliphatic heterocycles. The highest BCUT2D eigenvalue weighted by molar-refractivity contribution is 7.90. The van der Waals surface area contributed by atoms with Crippen LogP contribution < -0.4 is 10.1 Å². The normalized spacial score (nSPS) is 12.0. The smallest absolute Gasteiger partial charge is 0.258 e. The first-order valence-corrected chi connectivity index (χ1v) is 13.1.